The fraction of sp³-hybridized carbons (Fsp3) is 0.909. The van der Waals surface area contributed by atoms with E-state index in [1.165, 1.54) is 50.9 Å². The monoisotopic (exact) mass is 432 g/mol. The van der Waals surface area contributed by atoms with E-state index in [-0.39, 0.29) is 12.4 Å². The molecule has 0 saturated heterocycles. The van der Waals surface area contributed by atoms with Crippen LogP contribution in [0.25, 0.3) is 0 Å². The number of nitrogens with one attached hydrogen (secondary N) is 1. The summed E-state index contributed by atoms with van der Waals surface area (Å²) in [6.07, 6.45) is 9.68. The molecular weight excluding hydrogens is 384 g/mol. The molecule has 0 heterocycles. The summed E-state index contributed by atoms with van der Waals surface area (Å²) in [6, 6.07) is 0. The molecule has 0 bridgehead atoms. The summed E-state index contributed by atoms with van der Waals surface area (Å²) in [5.74, 6) is 2.05. The summed E-state index contributed by atoms with van der Waals surface area (Å²) in [5.41, 5.74) is 0. The number of guanidine groups is 2. The van der Waals surface area contributed by atoms with E-state index in [2.05, 4.69) is 62.1 Å². The quantitative estimate of drug-likeness (QED) is 0.166. The van der Waals surface area contributed by atoms with Gasteiger partial charge in [0.1, 0.15) is 0 Å². The number of hydrogen-bond donors (Lipinski definition) is 1. The van der Waals surface area contributed by atoms with Crippen molar-refractivity contribution in [3.8, 4) is 0 Å². The smallest absolute Gasteiger partial charge is 0.319 e. The molecule has 0 fully saturated rings. The number of unbranched alkanes of at least 4 members (excludes halogenated alkanes) is 4. The van der Waals surface area contributed by atoms with Crippen LogP contribution in [-0.4, -0.2) is 80.8 Å². The fourth-order valence-electron chi connectivity index (χ4n) is 3.61. The minimum Gasteiger partial charge on any atom is -1.00 e. The molecule has 0 aliphatic heterocycles. The van der Waals surface area contributed by atoms with Crippen LogP contribution in [0.3, 0.4) is 0 Å². The van der Waals surface area contributed by atoms with E-state index in [1.54, 1.807) is 0 Å². The van der Waals surface area contributed by atoms with E-state index in [0.29, 0.717) is 0 Å². The van der Waals surface area contributed by atoms with Gasteiger partial charge in [0.15, 0.2) is 0 Å². The molecule has 0 rings (SSSR count). The highest BCUT2D eigenvalue weighted by Gasteiger charge is 2.37. The number of quaternary nitrogens is 1. The number of hydrogen-bond acceptors (Lipinski definition) is 2. The Balaban J connectivity index is 0. The van der Waals surface area contributed by atoms with Gasteiger partial charge in [-0.2, -0.15) is 0 Å². The average Bonchev–Trinajstić information content (AvgIpc) is 2.71. The topological polar surface area (TPSA) is 43.2 Å². The van der Waals surface area contributed by atoms with Crippen molar-refractivity contribution in [1.82, 2.24) is 15.3 Å². The maximum atomic E-state index is 5.21. The van der Waals surface area contributed by atoms with Crippen molar-refractivity contribution in [3.05, 3.63) is 0 Å². The molecule has 7 heteroatoms. The maximum Gasteiger partial charge on any atom is 0.319 e. The number of halogens is 1. The summed E-state index contributed by atoms with van der Waals surface area (Å²) >= 11 is 0. The Morgan fingerprint density at radius 2 is 1.24 bits per heavy atom. The highest BCUT2D eigenvalue weighted by Crippen LogP contribution is 2.20. The number of rotatable bonds is 12. The third-order valence-electron chi connectivity index (χ3n) is 5.49. The van der Waals surface area contributed by atoms with Crippen LogP contribution in [-0.2, 0) is 0 Å². The van der Waals surface area contributed by atoms with Gasteiger partial charge in [0.05, 0.1) is 19.6 Å². The Morgan fingerprint density at radius 1 is 0.793 bits per heavy atom. The van der Waals surface area contributed by atoms with Crippen LogP contribution in [0.2, 0.25) is 0 Å². The molecule has 0 aromatic rings. The van der Waals surface area contributed by atoms with E-state index in [1.807, 2.05) is 14.1 Å². The van der Waals surface area contributed by atoms with E-state index in [9.17, 15) is 0 Å². The summed E-state index contributed by atoms with van der Waals surface area (Å²) in [7, 11) is 7.97. The summed E-state index contributed by atoms with van der Waals surface area (Å²) < 4.78 is 0.987. The number of nitrogens with zero attached hydrogens (tertiary/aromatic N) is 5. The number of aliphatic imine (C=N–C) groups is 2. The van der Waals surface area contributed by atoms with Gasteiger partial charge in [-0.15, -0.1) is 0 Å². The lowest BCUT2D eigenvalue weighted by atomic mass is 10.1. The molecule has 29 heavy (non-hydrogen) atoms. The van der Waals surface area contributed by atoms with E-state index in [0.717, 1.165) is 43.0 Å². The van der Waals surface area contributed by atoms with Crippen molar-refractivity contribution in [2.45, 2.75) is 79.1 Å². The van der Waals surface area contributed by atoms with Crippen molar-refractivity contribution in [2.75, 3.05) is 54.4 Å². The molecule has 0 aromatic carbocycles. The lowest BCUT2D eigenvalue weighted by Crippen LogP contribution is -3.00. The molecule has 0 unspecified atom stereocenters. The Morgan fingerprint density at radius 3 is 1.59 bits per heavy atom. The van der Waals surface area contributed by atoms with Gasteiger partial charge in [-0.3, -0.25) is 14.5 Å². The van der Waals surface area contributed by atoms with E-state index >= 15 is 0 Å². The second kappa shape index (κ2) is 17.8. The standard InChI is InChI=1S/C22H49N6.ClH/c1-9-13-17-25-22(27(8)26(7)21(23-5)24-6)28(18-14-10-2,19-15-11-3)20-16-12-4;/h9-20H2,1-8H3,(H,23,24);1H/q+1;/p-1. The molecule has 0 amide bonds. The zero-order valence-electron chi connectivity index (χ0n) is 20.6. The summed E-state index contributed by atoms with van der Waals surface area (Å²) in [5, 5.41) is 7.54. The normalized spacial score (nSPS) is 12.6. The van der Waals surface area contributed by atoms with Crippen LogP contribution in [0.4, 0.5) is 0 Å². The first-order valence-electron chi connectivity index (χ1n) is 11.5. The van der Waals surface area contributed by atoms with Crippen molar-refractivity contribution >= 4 is 11.9 Å². The average molecular weight is 433 g/mol. The molecule has 0 radical (unpaired) electrons. The van der Waals surface area contributed by atoms with Crippen LogP contribution >= 0.6 is 0 Å². The zero-order chi connectivity index (χ0) is 21.4. The molecular formula is C22H49ClN6. The predicted octanol–water partition coefficient (Wildman–Crippen LogP) is 1.35. The third-order valence-corrected chi connectivity index (χ3v) is 5.49. The molecule has 0 atom stereocenters. The van der Waals surface area contributed by atoms with Gasteiger partial charge in [0.2, 0.25) is 5.96 Å². The minimum absolute atomic E-state index is 0. The molecule has 0 aliphatic rings. The van der Waals surface area contributed by atoms with Gasteiger partial charge in [-0.05, 0) is 25.7 Å². The van der Waals surface area contributed by atoms with E-state index in [4.69, 9.17) is 4.99 Å². The Hall–Kier alpha value is -1.01. The highest BCUT2D eigenvalue weighted by atomic mass is 35.5. The minimum atomic E-state index is 0. The zero-order valence-corrected chi connectivity index (χ0v) is 21.4. The molecule has 1 N–H and O–H groups in total. The molecule has 0 aromatic heterocycles. The second-order valence-electron chi connectivity index (χ2n) is 7.76. The highest BCUT2D eigenvalue weighted by molar-refractivity contribution is 5.82. The van der Waals surface area contributed by atoms with Gasteiger partial charge in [-0.25, -0.2) is 10.0 Å². The van der Waals surface area contributed by atoms with Crippen LogP contribution in [0.15, 0.2) is 9.98 Å². The van der Waals surface area contributed by atoms with Crippen molar-refractivity contribution < 1.29 is 16.9 Å². The molecule has 0 saturated carbocycles. The van der Waals surface area contributed by atoms with Gasteiger partial charge in [0.25, 0.3) is 0 Å². The lowest BCUT2D eigenvalue weighted by Gasteiger charge is -2.44. The van der Waals surface area contributed by atoms with Gasteiger partial charge in [0, 0.05) is 34.7 Å². The van der Waals surface area contributed by atoms with Gasteiger partial charge >= 0.3 is 5.96 Å². The summed E-state index contributed by atoms with van der Waals surface area (Å²) in [6.45, 7) is 13.5. The van der Waals surface area contributed by atoms with Crippen LogP contribution in [0.1, 0.15) is 79.1 Å². The maximum absolute atomic E-state index is 5.21. The number of hydrazine groups is 1. The SMILES string of the molecule is CCCCN=C(N(C)N(C)C(=NC)NC)[N+](CCCC)(CCCC)CCCC.[Cl-]. The molecule has 6 nitrogen and oxygen atoms in total. The van der Waals surface area contributed by atoms with Crippen LogP contribution in [0, 0.1) is 0 Å². The summed E-state index contributed by atoms with van der Waals surface area (Å²) in [4.78, 5) is 9.61. The first-order chi connectivity index (χ1) is 13.5. The Labute approximate surface area is 187 Å². The van der Waals surface area contributed by atoms with Gasteiger partial charge in [-0.1, -0.05) is 53.4 Å². The predicted molar refractivity (Wildman–Crippen MR) is 125 cm³/mol. The van der Waals surface area contributed by atoms with Crippen LogP contribution < -0.4 is 17.7 Å². The molecule has 0 aliphatic carbocycles. The fourth-order valence-corrected chi connectivity index (χ4v) is 3.61. The molecule has 174 valence electrons. The van der Waals surface area contributed by atoms with Crippen molar-refractivity contribution in [2.24, 2.45) is 9.98 Å². The largest absolute Gasteiger partial charge is 1.00 e. The van der Waals surface area contributed by atoms with Crippen molar-refractivity contribution in [1.29, 1.82) is 0 Å². The second-order valence-corrected chi connectivity index (χ2v) is 7.76. The van der Waals surface area contributed by atoms with Crippen LogP contribution in [0.5, 0.6) is 0 Å². The Bertz CT molecular complexity index is 431. The van der Waals surface area contributed by atoms with Crippen molar-refractivity contribution in [3.63, 3.8) is 0 Å². The molecule has 0 spiro atoms. The van der Waals surface area contributed by atoms with E-state index < -0.39 is 0 Å². The first kappa shape index (κ1) is 30.2. The van der Waals surface area contributed by atoms with Gasteiger partial charge < -0.3 is 17.7 Å². The first-order valence-corrected chi connectivity index (χ1v) is 11.5. The lowest BCUT2D eigenvalue weighted by molar-refractivity contribution is -0.849. The third kappa shape index (κ3) is 10.0. The Kier molecular flexibility index (Phi) is 18.5.